The number of rotatable bonds is 1. The number of carbonyl (C=O) groups is 1. The average molecular weight is 189 g/mol. The zero-order valence-corrected chi connectivity index (χ0v) is 8.16. The molecule has 0 spiro atoms. The third kappa shape index (κ3) is 1.51. The van der Waals surface area contributed by atoms with Crippen LogP contribution in [0.15, 0.2) is 17.3 Å². The number of pyridine rings is 1. The summed E-state index contributed by atoms with van der Waals surface area (Å²) in [6.45, 7) is 4.14. The molecule has 0 aliphatic carbocycles. The van der Waals surface area contributed by atoms with Crippen LogP contribution in [0, 0.1) is 13.8 Å². The lowest BCUT2D eigenvalue weighted by atomic mass is 10.1. The Morgan fingerprint density at radius 2 is 2.21 bits per heavy atom. The van der Waals surface area contributed by atoms with Gasteiger partial charge in [-0.1, -0.05) is 0 Å². The molecule has 0 bridgehead atoms. The molecule has 1 aliphatic heterocycles. The number of hydrogen-bond donors (Lipinski definition) is 1. The first-order chi connectivity index (χ1) is 6.66. The van der Waals surface area contributed by atoms with E-state index in [1.54, 1.807) is 6.20 Å². The van der Waals surface area contributed by atoms with Gasteiger partial charge in [0.25, 0.3) is 0 Å². The van der Waals surface area contributed by atoms with Gasteiger partial charge in [0.15, 0.2) is 0 Å². The van der Waals surface area contributed by atoms with E-state index < -0.39 is 0 Å². The van der Waals surface area contributed by atoms with Gasteiger partial charge in [-0.2, -0.15) is 0 Å². The maximum absolute atomic E-state index is 11.0. The zero-order valence-electron chi connectivity index (χ0n) is 8.16. The molecule has 2 rings (SSSR count). The summed E-state index contributed by atoms with van der Waals surface area (Å²) >= 11 is 0. The lowest BCUT2D eigenvalue weighted by molar-refractivity contribution is -0.117. The molecular formula is C10H11N3O. The zero-order chi connectivity index (χ0) is 10.1. The fourth-order valence-electron chi connectivity index (χ4n) is 1.46. The van der Waals surface area contributed by atoms with Crippen LogP contribution in [0.4, 0.5) is 0 Å². The quantitative estimate of drug-likeness (QED) is 0.702. The van der Waals surface area contributed by atoms with Crippen LogP contribution in [0.1, 0.15) is 16.8 Å². The second-order valence-electron chi connectivity index (χ2n) is 3.35. The van der Waals surface area contributed by atoms with Crippen LogP contribution < -0.4 is 5.32 Å². The molecule has 4 heteroatoms. The Bertz CT molecular complexity index is 423. The minimum absolute atomic E-state index is 0.0556. The molecule has 0 unspecified atom stereocenters. The molecule has 0 fully saturated rings. The molecule has 0 saturated heterocycles. The first-order valence-corrected chi connectivity index (χ1v) is 4.45. The molecular weight excluding hydrogens is 178 g/mol. The van der Waals surface area contributed by atoms with Crippen molar-refractivity contribution in [3.05, 3.63) is 29.1 Å². The third-order valence-electron chi connectivity index (χ3n) is 2.14. The van der Waals surface area contributed by atoms with E-state index in [9.17, 15) is 4.79 Å². The van der Waals surface area contributed by atoms with E-state index in [2.05, 4.69) is 15.3 Å². The summed E-state index contributed by atoms with van der Waals surface area (Å²) in [6, 6.07) is 1.97. The van der Waals surface area contributed by atoms with Gasteiger partial charge in [0.1, 0.15) is 12.4 Å². The first-order valence-electron chi connectivity index (χ1n) is 4.45. The number of hydrogen-bond acceptors (Lipinski definition) is 3. The van der Waals surface area contributed by atoms with Gasteiger partial charge in [0, 0.05) is 17.5 Å². The molecule has 0 aromatic carbocycles. The highest BCUT2D eigenvalue weighted by Gasteiger charge is 2.16. The van der Waals surface area contributed by atoms with E-state index in [0.29, 0.717) is 5.84 Å². The SMILES string of the molecule is Cc1cc(C)c(C2=NCC(=O)N2)cn1. The summed E-state index contributed by atoms with van der Waals surface area (Å²) < 4.78 is 0. The molecule has 1 aliphatic rings. The molecule has 1 aromatic heterocycles. The van der Waals surface area contributed by atoms with Crippen molar-refractivity contribution in [2.24, 2.45) is 4.99 Å². The Hall–Kier alpha value is -1.71. The molecule has 0 atom stereocenters. The smallest absolute Gasteiger partial charge is 0.247 e. The number of aromatic nitrogens is 1. The first kappa shape index (κ1) is 8.87. The molecule has 14 heavy (non-hydrogen) atoms. The molecule has 1 amide bonds. The summed E-state index contributed by atoms with van der Waals surface area (Å²) in [4.78, 5) is 19.2. The van der Waals surface area contributed by atoms with Gasteiger partial charge >= 0.3 is 0 Å². The number of nitrogens with zero attached hydrogens (tertiary/aromatic N) is 2. The van der Waals surface area contributed by atoms with E-state index >= 15 is 0 Å². The van der Waals surface area contributed by atoms with Crippen molar-refractivity contribution in [1.29, 1.82) is 0 Å². The molecule has 0 radical (unpaired) electrons. The largest absolute Gasteiger partial charge is 0.309 e. The van der Waals surface area contributed by atoms with Crippen molar-refractivity contribution in [3.8, 4) is 0 Å². The standard InChI is InChI=1S/C10H11N3O/c1-6-3-7(2)11-4-8(6)10-12-5-9(14)13-10/h3-4H,5H2,1-2H3,(H,12,13,14). The van der Waals surface area contributed by atoms with Gasteiger partial charge in [-0.3, -0.25) is 14.8 Å². The van der Waals surface area contributed by atoms with Crippen LogP contribution in [0.3, 0.4) is 0 Å². The lowest BCUT2D eigenvalue weighted by Gasteiger charge is -2.05. The van der Waals surface area contributed by atoms with Crippen molar-refractivity contribution < 1.29 is 4.79 Å². The topological polar surface area (TPSA) is 54.4 Å². The summed E-state index contributed by atoms with van der Waals surface area (Å²) in [5, 5.41) is 2.70. The molecule has 2 heterocycles. The Balaban J connectivity index is 2.38. The van der Waals surface area contributed by atoms with Crippen molar-refractivity contribution in [2.75, 3.05) is 6.54 Å². The van der Waals surface area contributed by atoms with E-state index in [1.807, 2.05) is 19.9 Å². The number of carbonyl (C=O) groups excluding carboxylic acids is 1. The highest BCUT2D eigenvalue weighted by Crippen LogP contribution is 2.09. The van der Waals surface area contributed by atoms with Crippen molar-refractivity contribution in [3.63, 3.8) is 0 Å². The maximum atomic E-state index is 11.0. The van der Waals surface area contributed by atoms with E-state index in [4.69, 9.17) is 0 Å². The molecule has 4 nitrogen and oxygen atoms in total. The monoisotopic (exact) mass is 189 g/mol. The van der Waals surface area contributed by atoms with Gasteiger partial charge in [-0.05, 0) is 25.5 Å². The van der Waals surface area contributed by atoms with Crippen LogP contribution in [0.2, 0.25) is 0 Å². The van der Waals surface area contributed by atoms with Crippen LogP contribution >= 0.6 is 0 Å². The van der Waals surface area contributed by atoms with Crippen molar-refractivity contribution in [1.82, 2.24) is 10.3 Å². The lowest BCUT2D eigenvalue weighted by Crippen LogP contribution is -2.25. The van der Waals surface area contributed by atoms with Crippen molar-refractivity contribution in [2.45, 2.75) is 13.8 Å². The average Bonchev–Trinajstić information content (AvgIpc) is 2.51. The predicted octanol–water partition coefficient (Wildman–Crippen LogP) is 0.575. The Kier molecular flexibility index (Phi) is 2.04. The Morgan fingerprint density at radius 1 is 1.43 bits per heavy atom. The second kappa shape index (κ2) is 3.21. The number of nitrogens with one attached hydrogen (secondary N) is 1. The number of aryl methyl sites for hydroxylation is 2. The third-order valence-corrected chi connectivity index (χ3v) is 2.14. The minimum atomic E-state index is -0.0556. The maximum Gasteiger partial charge on any atom is 0.247 e. The van der Waals surface area contributed by atoms with Gasteiger partial charge < -0.3 is 5.32 Å². The predicted molar refractivity (Wildman–Crippen MR) is 53.3 cm³/mol. The minimum Gasteiger partial charge on any atom is -0.309 e. The molecule has 1 aromatic rings. The van der Waals surface area contributed by atoms with E-state index in [1.165, 1.54) is 0 Å². The summed E-state index contributed by atoms with van der Waals surface area (Å²) in [5.41, 5.74) is 2.95. The van der Waals surface area contributed by atoms with Gasteiger partial charge in [-0.15, -0.1) is 0 Å². The highest BCUT2D eigenvalue weighted by molar-refractivity contribution is 6.12. The molecule has 1 N–H and O–H groups in total. The van der Waals surface area contributed by atoms with Crippen molar-refractivity contribution >= 4 is 11.7 Å². The molecule has 0 saturated carbocycles. The normalized spacial score (nSPS) is 15.3. The fraction of sp³-hybridized carbons (Fsp3) is 0.300. The summed E-state index contributed by atoms with van der Waals surface area (Å²) in [7, 11) is 0. The summed E-state index contributed by atoms with van der Waals surface area (Å²) in [6.07, 6.45) is 1.75. The molecule has 72 valence electrons. The number of amides is 1. The van der Waals surface area contributed by atoms with Crippen LogP contribution in [-0.4, -0.2) is 23.3 Å². The number of aliphatic imine (C=N–C) groups is 1. The Morgan fingerprint density at radius 3 is 2.79 bits per heavy atom. The fourth-order valence-corrected chi connectivity index (χ4v) is 1.46. The van der Waals surface area contributed by atoms with Gasteiger partial charge in [0.2, 0.25) is 5.91 Å². The van der Waals surface area contributed by atoms with Gasteiger partial charge in [-0.25, -0.2) is 0 Å². The van der Waals surface area contributed by atoms with Crippen LogP contribution in [0.25, 0.3) is 0 Å². The van der Waals surface area contributed by atoms with Crippen LogP contribution in [0.5, 0.6) is 0 Å². The Labute approximate surface area is 82.1 Å². The van der Waals surface area contributed by atoms with E-state index in [0.717, 1.165) is 16.8 Å². The second-order valence-corrected chi connectivity index (χ2v) is 3.35. The number of amidine groups is 1. The highest BCUT2D eigenvalue weighted by atomic mass is 16.2. The summed E-state index contributed by atoms with van der Waals surface area (Å²) in [5.74, 6) is 0.583. The van der Waals surface area contributed by atoms with Crippen LogP contribution in [-0.2, 0) is 4.79 Å². The van der Waals surface area contributed by atoms with Gasteiger partial charge in [0.05, 0.1) is 0 Å². The van der Waals surface area contributed by atoms with E-state index in [-0.39, 0.29) is 12.5 Å².